The summed E-state index contributed by atoms with van der Waals surface area (Å²) in [4.78, 5) is 0.580. The second-order valence-electron chi connectivity index (χ2n) is 6.28. The van der Waals surface area contributed by atoms with Crippen LogP contribution in [0.3, 0.4) is 0 Å². The quantitative estimate of drug-likeness (QED) is 0.441. The average Bonchev–Trinajstić information content (AvgIpc) is 2.51. The molecule has 1 atom stereocenters. The maximum Gasteiger partial charge on any atom is 0.430 e. The third-order valence-electron chi connectivity index (χ3n) is 3.88. The Bertz CT molecular complexity index is 562. The van der Waals surface area contributed by atoms with Gasteiger partial charge in [0.15, 0.2) is 6.29 Å². The number of hydrogen-bond acceptors (Lipinski definition) is 3. The Kier molecular flexibility index (Phi) is 6.56. The van der Waals surface area contributed by atoms with Crippen LogP contribution in [0.5, 0.6) is 0 Å². The SMILES string of the molecule is CC(C)Sc1ccc(C(OC2CCCCO2)(C(F)(F)F)C(F)(F)F)cc1. The summed E-state index contributed by atoms with van der Waals surface area (Å²) in [6.07, 6.45) is -11.9. The van der Waals surface area contributed by atoms with Crippen LogP contribution >= 0.6 is 11.8 Å². The lowest BCUT2D eigenvalue weighted by molar-refractivity contribution is -0.419. The van der Waals surface area contributed by atoms with Crippen molar-refractivity contribution in [3.63, 3.8) is 0 Å². The van der Waals surface area contributed by atoms with E-state index in [-0.39, 0.29) is 18.3 Å². The predicted molar refractivity (Wildman–Crippen MR) is 85.9 cm³/mol. The molecule has 1 unspecified atom stereocenters. The first-order chi connectivity index (χ1) is 12.0. The topological polar surface area (TPSA) is 18.5 Å². The summed E-state index contributed by atoms with van der Waals surface area (Å²) in [7, 11) is 0. The fraction of sp³-hybridized carbons (Fsp3) is 0.647. The Balaban J connectivity index is 2.47. The molecular weight excluding hydrogens is 382 g/mol. The van der Waals surface area contributed by atoms with E-state index in [0.717, 1.165) is 12.1 Å². The van der Waals surface area contributed by atoms with Crippen molar-refractivity contribution in [1.82, 2.24) is 0 Å². The molecule has 1 heterocycles. The molecule has 1 aliphatic heterocycles. The van der Waals surface area contributed by atoms with Gasteiger partial charge in [-0.25, -0.2) is 0 Å². The van der Waals surface area contributed by atoms with Gasteiger partial charge in [-0.15, -0.1) is 11.8 Å². The molecule has 0 bridgehead atoms. The van der Waals surface area contributed by atoms with Crippen molar-refractivity contribution in [1.29, 1.82) is 0 Å². The molecule has 0 amide bonds. The van der Waals surface area contributed by atoms with Gasteiger partial charge in [0.2, 0.25) is 0 Å². The second kappa shape index (κ2) is 7.98. The van der Waals surface area contributed by atoms with Gasteiger partial charge in [0.1, 0.15) is 0 Å². The number of rotatable bonds is 5. The summed E-state index contributed by atoms with van der Waals surface area (Å²) in [5.41, 5.74) is -5.43. The molecule has 0 radical (unpaired) electrons. The molecule has 0 spiro atoms. The van der Waals surface area contributed by atoms with Crippen molar-refractivity contribution in [2.24, 2.45) is 0 Å². The van der Waals surface area contributed by atoms with Crippen LogP contribution < -0.4 is 0 Å². The maximum absolute atomic E-state index is 13.7. The Morgan fingerprint density at radius 1 is 1.00 bits per heavy atom. The van der Waals surface area contributed by atoms with Crippen molar-refractivity contribution < 1.29 is 35.8 Å². The first-order valence-corrected chi connectivity index (χ1v) is 9.05. The van der Waals surface area contributed by atoms with Crippen molar-refractivity contribution in [2.75, 3.05) is 6.61 Å². The number of alkyl halides is 6. The van der Waals surface area contributed by atoms with Crippen molar-refractivity contribution >= 4 is 11.8 Å². The minimum atomic E-state index is -5.70. The number of hydrogen-bond donors (Lipinski definition) is 0. The lowest BCUT2D eigenvalue weighted by Crippen LogP contribution is -2.57. The van der Waals surface area contributed by atoms with Crippen LogP contribution in [-0.4, -0.2) is 30.5 Å². The first-order valence-electron chi connectivity index (χ1n) is 8.17. The van der Waals surface area contributed by atoms with Crippen LogP contribution in [0.2, 0.25) is 0 Å². The van der Waals surface area contributed by atoms with Crippen LogP contribution in [0.15, 0.2) is 29.2 Å². The van der Waals surface area contributed by atoms with Crippen LogP contribution in [0.4, 0.5) is 26.3 Å². The molecular formula is C17H20F6O2S. The average molecular weight is 402 g/mol. The molecule has 0 N–H and O–H groups in total. The van der Waals surface area contributed by atoms with Gasteiger partial charge in [-0.2, -0.15) is 26.3 Å². The van der Waals surface area contributed by atoms with Gasteiger partial charge in [-0.1, -0.05) is 26.0 Å². The van der Waals surface area contributed by atoms with E-state index in [1.807, 2.05) is 13.8 Å². The number of halogens is 6. The lowest BCUT2D eigenvalue weighted by atomic mass is 9.91. The molecule has 1 fully saturated rings. The highest BCUT2D eigenvalue weighted by atomic mass is 32.2. The molecule has 1 aliphatic rings. The van der Waals surface area contributed by atoms with E-state index in [4.69, 9.17) is 4.74 Å². The van der Waals surface area contributed by atoms with Gasteiger partial charge in [0.25, 0.3) is 5.60 Å². The highest BCUT2D eigenvalue weighted by Crippen LogP contribution is 2.54. The molecule has 26 heavy (non-hydrogen) atoms. The van der Waals surface area contributed by atoms with E-state index in [0.29, 0.717) is 17.7 Å². The van der Waals surface area contributed by atoms with E-state index < -0.39 is 29.8 Å². The molecule has 1 saturated heterocycles. The molecule has 9 heteroatoms. The third-order valence-corrected chi connectivity index (χ3v) is 4.89. The fourth-order valence-corrected chi connectivity index (χ4v) is 3.57. The van der Waals surface area contributed by atoms with Crippen molar-refractivity contribution in [3.05, 3.63) is 29.8 Å². The molecule has 2 rings (SSSR count). The zero-order chi connectivity index (χ0) is 19.6. The molecule has 0 aromatic heterocycles. The summed E-state index contributed by atoms with van der Waals surface area (Å²) < 4.78 is 91.9. The van der Waals surface area contributed by atoms with E-state index >= 15 is 0 Å². The molecule has 1 aromatic carbocycles. The van der Waals surface area contributed by atoms with Gasteiger partial charge in [-0.3, -0.25) is 0 Å². The molecule has 2 nitrogen and oxygen atoms in total. The first kappa shape index (κ1) is 21.4. The van der Waals surface area contributed by atoms with Crippen molar-refractivity contribution in [2.45, 2.75) is 67.5 Å². The number of benzene rings is 1. The zero-order valence-corrected chi connectivity index (χ0v) is 15.1. The van der Waals surface area contributed by atoms with Crippen LogP contribution in [0, 0.1) is 0 Å². The molecule has 0 aliphatic carbocycles. The standard InChI is InChI=1S/C17H20F6O2S/c1-11(2)26-13-8-6-12(7-9-13)15(16(18,19)20,17(21,22)23)25-14-5-3-4-10-24-14/h6-9,11,14H,3-5,10H2,1-2H3. The largest absolute Gasteiger partial charge is 0.430 e. The Labute approximate surface area is 152 Å². The highest BCUT2D eigenvalue weighted by molar-refractivity contribution is 7.99. The van der Waals surface area contributed by atoms with Crippen LogP contribution in [0.25, 0.3) is 0 Å². The van der Waals surface area contributed by atoms with Crippen LogP contribution in [-0.2, 0) is 15.1 Å². The van der Waals surface area contributed by atoms with Gasteiger partial charge in [-0.05, 0) is 31.4 Å². The summed E-state index contributed by atoms with van der Waals surface area (Å²) in [5, 5.41) is 0.141. The summed E-state index contributed by atoms with van der Waals surface area (Å²) in [6.45, 7) is 3.82. The normalized spacial score (nSPS) is 19.8. The fourth-order valence-electron chi connectivity index (χ4n) is 2.73. The van der Waals surface area contributed by atoms with Gasteiger partial charge in [0, 0.05) is 22.3 Å². The molecule has 0 saturated carbocycles. The third kappa shape index (κ3) is 4.48. The van der Waals surface area contributed by atoms with Crippen LogP contribution in [0.1, 0.15) is 38.7 Å². The van der Waals surface area contributed by atoms with Gasteiger partial charge in [0.05, 0.1) is 0 Å². The summed E-state index contributed by atoms with van der Waals surface area (Å²) in [6, 6.07) is 4.15. The maximum atomic E-state index is 13.7. The lowest BCUT2D eigenvalue weighted by Gasteiger charge is -2.40. The smallest absolute Gasteiger partial charge is 0.353 e. The summed E-state index contributed by atoms with van der Waals surface area (Å²) >= 11 is 1.34. The van der Waals surface area contributed by atoms with E-state index in [1.165, 1.54) is 23.9 Å². The highest BCUT2D eigenvalue weighted by Gasteiger charge is 2.74. The molecule has 148 valence electrons. The second-order valence-corrected chi connectivity index (χ2v) is 7.93. The monoisotopic (exact) mass is 402 g/mol. The van der Waals surface area contributed by atoms with E-state index in [2.05, 4.69) is 4.74 Å². The Morgan fingerprint density at radius 2 is 1.58 bits per heavy atom. The summed E-state index contributed by atoms with van der Waals surface area (Å²) in [5.74, 6) is 0. The number of ether oxygens (including phenoxy) is 2. The Hall–Kier alpha value is -0.930. The Morgan fingerprint density at radius 3 is 2.00 bits per heavy atom. The minimum absolute atomic E-state index is 0.0187. The number of thioether (sulfide) groups is 1. The van der Waals surface area contributed by atoms with E-state index in [9.17, 15) is 26.3 Å². The van der Waals surface area contributed by atoms with Gasteiger partial charge < -0.3 is 9.47 Å². The van der Waals surface area contributed by atoms with E-state index in [1.54, 1.807) is 0 Å². The predicted octanol–water partition coefficient (Wildman–Crippen LogP) is 6.05. The zero-order valence-electron chi connectivity index (χ0n) is 14.3. The van der Waals surface area contributed by atoms with Gasteiger partial charge >= 0.3 is 12.4 Å². The minimum Gasteiger partial charge on any atom is -0.353 e. The molecule has 1 aromatic rings. The van der Waals surface area contributed by atoms with Crippen molar-refractivity contribution in [3.8, 4) is 0 Å².